The largest absolute Gasteiger partial charge is 0.489 e. The summed E-state index contributed by atoms with van der Waals surface area (Å²) in [5.41, 5.74) is 1.09. The minimum atomic E-state index is 0.573. The Bertz CT molecular complexity index is 341. The van der Waals surface area contributed by atoms with Crippen LogP contribution in [0.15, 0.2) is 48.5 Å². The average molecular weight is 217 g/mol. The molecule has 2 heteroatoms. The summed E-state index contributed by atoms with van der Waals surface area (Å²) in [5.74, 6) is 0.914. The van der Waals surface area contributed by atoms with Gasteiger partial charge in [-0.05, 0) is 31.6 Å². The molecule has 0 bridgehead atoms. The second-order valence-corrected chi connectivity index (χ2v) is 3.53. The fourth-order valence-electron chi connectivity index (χ4n) is 1.24. The number of hydrogen-bond donors (Lipinski definition) is 0. The molecule has 0 aliphatic heterocycles. The van der Waals surface area contributed by atoms with E-state index in [2.05, 4.69) is 18.0 Å². The summed E-state index contributed by atoms with van der Waals surface area (Å²) in [6.45, 7) is 4.72. The molecule has 1 aromatic rings. The van der Waals surface area contributed by atoms with Crippen molar-refractivity contribution in [2.75, 3.05) is 0 Å². The highest BCUT2D eigenvalue weighted by Crippen LogP contribution is 2.06. The predicted molar refractivity (Wildman–Crippen MR) is 66.8 cm³/mol. The molecule has 0 unspecified atom stereocenters. The summed E-state index contributed by atoms with van der Waals surface area (Å²) in [4.78, 5) is 4.05. The number of ether oxygens (including phenoxy) is 1. The molecule has 1 aromatic heterocycles. The number of nitrogens with zero attached hydrogens (tertiary/aromatic N) is 1. The van der Waals surface area contributed by atoms with Gasteiger partial charge in [0.1, 0.15) is 12.4 Å². The Morgan fingerprint density at radius 3 is 3.00 bits per heavy atom. The third-order valence-corrected chi connectivity index (χ3v) is 2.15. The van der Waals surface area contributed by atoms with Crippen molar-refractivity contribution < 1.29 is 4.74 Å². The zero-order valence-corrected chi connectivity index (χ0v) is 10.0. The summed E-state index contributed by atoms with van der Waals surface area (Å²) in [6.07, 6.45) is 12.0. The molecule has 16 heavy (non-hydrogen) atoms. The maximum atomic E-state index is 5.66. The van der Waals surface area contributed by atoms with Crippen LogP contribution >= 0.6 is 0 Å². The second-order valence-electron chi connectivity index (χ2n) is 3.53. The summed E-state index contributed by atoms with van der Waals surface area (Å²) in [7, 11) is 0. The van der Waals surface area contributed by atoms with Crippen molar-refractivity contribution in [1.82, 2.24) is 4.98 Å². The summed E-state index contributed by atoms with van der Waals surface area (Å²) in [5, 5.41) is 0. The first kappa shape index (κ1) is 12.5. The Balaban J connectivity index is 2.41. The van der Waals surface area contributed by atoms with E-state index in [-0.39, 0.29) is 0 Å². The molecule has 0 aliphatic rings. The fourth-order valence-corrected chi connectivity index (χ4v) is 1.24. The first-order valence-electron chi connectivity index (χ1n) is 5.71. The fraction of sp³-hybridized carbons (Fsp3) is 0.357. The van der Waals surface area contributed by atoms with Gasteiger partial charge in [-0.25, -0.2) is 0 Å². The quantitative estimate of drug-likeness (QED) is 0.533. The molecule has 0 saturated heterocycles. The molecule has 0 spiro atoms. The SMILES string of the molecule is C/C=C(\C=C/CCC)OCc1cccnc1. The lowest BCUT2D eigenvalue weighted by molar-refractivity contribution is 0.210. The van der Waals surface area contributed by atoms with Gasteiger partial charge in [-0.15, -0.1) is 0 Å². The van der Waals surface area contributed by atoms with E-state index in [9.17, 15) is 0 Å². The summed E-state index contributed by atoms with van der Waals surface area (Å²) < 4.78 is 5.66. The molecule has 2 nitrogen and oxygen atoms in total. The Labute approximate surface area is 97.7 Å². The molecule has 0 aliphatic carbocycles. The molecule has 86 valence electrons. The maximum absolute atomic E-state index is 5.66. The maximum Gasteiger partial charge on any atom is 0.115 e. The van der Waals surface area contributed by atoms with Crippen molar-refractivity contribution in [2.24, 2.45) is 0 Å². The van der Waals surface area contributed by atoms with Gasteiger partial charge in [0.15, 0.2) is 0 Å². The number of hydrogen-bond acceptors (Lipinski definition) is 2. The Morgan fingerprint density at radius 1 is 1.50 bits per heavy atom. The van der Waals surface area contributed by atoms with Crippen molar-refractivity contribution >= 4 is 0 Å². The minimum Gasteiger partial charge on any atom is -0.489 e. The monoisotopic (exact) mass is 217 g/mol. The molecule has 0 aromatic carbocycles. The van der Waals surface area contributed by atoms with Gasteiger partial charge in [0.25, 0.3) is 0 Å². The average Bonchev–Trinajstić information content (AvgIpc) is 2.35. The summed E-state index contributed by atoms with van der Waals surface area (Å²) >= 11 is 0. The molecular formula is C14H19NO. The van der Waals surface area contributed by atoms with E-state index < -0.39 is 0 Å². The van der Waals surface area contributed by atoms with Crippen molar-refractivity contribution in [3.63, 3.8) is 0 Å². The van der Waals surface area contributed by atoms with E-state index in [0.717, 1.165) is 24.2 Å². The second kappa shape index (κ2) is 7.69. The van der Waals surface area contributed by atoms with E-state index >= 15 is 0 Å². The highest BCUT2D eigenvalue weighted by Gasteiger charge is 1.94. The normalized spacial score (nSPS) is 12.0. The first-order valence-corrected chi connectivity index (χ1v) is 5.71. The lowest BCUT2D eigenvalue weighted by Gasteiger charge is -2.06. The van der Waals surface area contributed by atoms with Crippen LogP contribution in [0.4, 0.5) is 0 Å². The lowest BCUT2D eigenvalue weighted by Crippen LogP contribution is -1.92. The molecule has 1 rings (SSSR count). The van der Waals surface area contributed by atoms with Crippen LogP contribution in [0.3, 0.4) is 0 Å². The van der Waals surface area contributed by atoms with Crippen LogP contribution in [0.25, 0.3) is 0 Å². The first-order chi connectivity index (χ1) is 7.86. The third-order valence-electron chi connectivity index (χ3n) is 2.15. The third kappa shape index (κ3) is 4.78. The molecule has 0 atom stereocenters. The predicted octanol–water partition coefficient (Wildman–Crippen LogP) is 3.86. The number of rotatable bonds is 6. The van der Waals surface area contributed by atoms with Crippen LogP contribution < -0.4 is 0 Å². The van der Waals surface area contributed by atoms with Gasteiger partial charge < -0.3 is 4.74 Å². The molecule has 0 N–H and O–H groups in total. The van der Waals surface area contributed by atoms with Crippen LogP contribution in [0.5, 0.6) is 0 Å². The van der Waals surface area contributed by atoms with Gasteiger partial charge in [-0.3, -0.25) is 4.98 Å². The van der Waals surface area contributed by atoms with Crippen molar-refractivity contribution in [3.8, 4) is 0 Å². The van der Waals surface area contributed by atoms with Gasteiger partial charge >= 0.3 is 0 Å². The smallest absolute Gasteiger partial charge is 0.115 e. The van der Waals surface area contributed by atoms with E-state index in [1.807, 2.05) is 37.4 Å². The number of aromatic nitrogens is 1. The Hall–Kier alpha value is -1.57. The van der Waals surface area contributed by atoms with Gasteiger partial charge in [0.2, 0.25) is 0 Å². The van der Waals surface area contributed by atoms with Crippen LogP contribution in [0, 0.1) is 0 Å². The van der Waals surface area contributed by atoms with Crippen LogP contribution in [-0.4, -0.2) is 4.98 Å². The summed E-state index contributed by atoms with van der Waals surface area (Å²) in [6, 6.07) is 3.93. The molecular weight excluding hydrogens is 198 g/mol. The Morgan fingerprint density at radius 2 is 2.38 bits per heavy atom. The van der Waals surface area contributed by atoms with Gasteiger partial charge in [-0.1, -0.05) is 25.5 Å². The molecule has 0 amide bonds. The highest BCUT2D eigenvalue weighted by molar-refractivity contribution is 5.13. The van der Waals surface area contributed by atoms with Crippen molar-refractivity contribution in [3.05, 3.63) is 54.1 Å². The van der Waals surface area contributed by atoms with Crippen LogP contribution in [0.1, 0.15) is 32.3 Å². The van der Waals surface area contributed by atoms with E-state index in [0.29, 0.717) is 6.61 Å². The van der Waals surface area contributed by atoms with E-state index in [4.69, 9.17) is 4.74 Å². The van der Waals surface area contributed by atoms with Crippen molar-refractivity contribution in [1.29, 1.82) is 0 Å². The van der Waals surface area contributed by atoms with Gasteiger partial charge in [0, 0.05) is 18.0 Å². The van der Waals surface area contributed by atoms with Gasteiger partial charge in [0.05, 0.1) is 0 Å². The molecule has 1 heterocycles. The topological polar surface area (TPSA) is 22.1 Å². The number of allylic oxidation sites excluding steroid dienone is 3. The molecule has 0 radical (unpaired) electrons. The standard InChI is InChI=1S/C14H19NO/c1-3-5-6-9-14(4-2)16-12-13-8-7-10-15-11-13/h4,6-11H,3,5,12H2,1-2H3/b9-6-,14-4+. The molecule has 0 fully saturated rings. The zero-order chi connectivity index (χ0) is 11.6. The zero-order valence-electron chi connectivity index (χ0n) is 10.0. The van der Waals surface area contributed by atoms with Crippen molar-refractivity contribution in [2.45, 2.75) is 33.3 Å². The lowest BCUT2D eigenvalue weighted by atomic mass is 10.3. The highest BCUT2D eigenvalue weighted by atomic mass is 16.5. The molecule has 0 saturated carbocycles. The van der Waals surface area contributed by atoms with E-state index in [1.54, 1.807) is 6.20 Å². The van der Waals surface area contributed by atoms with Crippen LogP contribution in [-0.2, 0) is 11.3 Å². The Kier molecular flexibility index (Phi) is 6.00. The minimum absolute atomic E-state index is 0.573. The number of unbranched alkanes of at least 4 members (excludes halogenated alkanes) is 1. The van der Waals surface area contributed by atoms with Gasteiger partial charge in [-0.2, -0.15) is 0 Å². The van der Waals surface area contributed by atoms with Crippen LogP contribution in [0.2, 0.25) is 0 Å². The van der Waals surface area contributed by atoms with E-state index in [1.165, 1.54) is 0 Å². The number of pyridine rings is 1.